The zero-order valence-corrected chi connectivity index (χ0v) is 23.4. The predicted octanol–water partition coefficient (Wildman–Crippen LogP) is 2.26. The molecule has 2 aromatic heterocycles. The molecule has 2 aromatic carbocycles. The van der Waals surface area contributed by atoms with Crippen LogP contribution in [0, 0.1) is 0 Å². The summed E-state index contributed by atoms with van der Waals surface area (Å²) >= 11 is 0. The minimum atomic E-state index is -4.80. The number of nitrogen functional groups attached to an aromatic ring is 1. The fourth-order valence-corrected chi connectivity index (χ4v) is 5.57. The summed E-state index contributed by atoms with van der Waals surface area (Å²) in [5, 5.41) is 21.6. The lowest BCUT2D eigenvalue weighted by molar-refractivity contribution is -0.192. The maximum Gasteiger partial charge on any atom is 0.587 e. The lowest BCUT2D eigenvalue weighted by atomic mass is 9.96. The van der Waals surface area contributed by atoms with Crippen LogP contribution in [0.2, 0.25) is 0 Å². The normalized spacial score (nSPS) is 22.2. The van der Waals surface area contributed by atoms with Gasteiger partial charge in [0.1, 0.15) is 35.2 Å². The first-order valence-corrected chi connectivity index (χ1v) is 13.9. The molecule has 5 rings (SSSR count). The molecule has 0 aliphatic carbocycles. The number of halogens is 2. The Morgan fingerprint density at radius 2 is 1.58 bits per heavy atom. The molecule has 0 bridgehead atoms. The first-order chi connectivity index (χ1) is 20.5. The predicted molar refractivity (Wildman–Crippen MR) is 144 cm³/mol. The van der Waals surface area contributed by atoms with E-state index in [0.717, 1.165) is 10.9 Å². The number of phosphoric acid groups is 1. The monoisotopic (exact) mass is 625 g/mol. The third kappa shape index (κ3) is 5.85. The van der Waals surface area contributed by atoms with Crippen LogP contribution in [-0.4, -0.2) is 74.8 Å². The summed E-state index contributed by atoms with van der Waals surface area (Å²) in [5.74, 6) is 0.511. The molecule has 1 aliphatic rings. The van der Waals surface area contributed by atoms with E-state index in [1.54, 1.807) is 0 Å². The van der Waals surface area contributed by atoms with Crippen LogP contribution in [0.4, 0.5) is 14.7 Å². The van der Waals surface area contributed by atoms with Crippen LogP contribution in [0.25, 0.3) is 11.2 Å². The highest BCUT2D eigenvalue weighted by Crippen LogP contribution is 2.52. The average molecular weight is 625 g/mol. The van der Waals surface area contributed by atoms with E-state index in [9.17, 15) is 28.4 Å². The highest BCUT2D eigenvalue weighted by atomic mass is 31.2. The molecule has 5 N–H and O–H groups in total. The van der Waals surface area contributed by atoms with Crippen LogP contribution < -0.4 is 29.8 Å². The van der Waals surface area contributed by atoms with Crippen molar-refractivity contribution in [3.63, 3.8) is 0 Å². The van der Waals surface area contributed by atoms with Gasteiger partial charge in [0.25, 0.3) is 12.0 Å². The number of nitrogens with two attached hydrogens (primary N) is 1. The van der Waals surface area contributed by atoms with Crippen LogP contribution in [0.1, 0.15) is 6.23 Å². The number of fused-ring (bicyclic) bond motifs is 1. The van der Waals surface area contributed by atoms with E-state index in [2.05, 4.69) is 15.0 Å². The summed E-state index contributed by atoms with van der Waals surface area (Å²) in [6.07, 6.45) is -8.56. The average Bonchev–Trinajstić information content (AvgIpc) is 3.52. The third-order valence-electron chi connectivity index (χ3n) is 6.55. The Morgan fingerprint density at radius 3 is 2.09 bits per heavy atom. The number of hydrogen-bond donors (Lipinski definition) is 4. The van der Waals surface area contributed by atoms with Crippen molar-refractivity contribution in [3.8, 4) is 23.0 Å². The van der Waals surface area contributed by atoms with Gasteiger partial charge in [-0.3, -0.25) is 18.9 Å². The molecule has 1 saturated heterocycles. The van der Waals surface area contributed by atoms with Crippen LogP contribution in [-0.2, 0) is 13.8 Å². The molecule has 43 heavy (non-hydrogen) atoms. The maximum atomic E-state index is 14.7. The molecule has 230 valence electrons. The number of alkyl halides is 2. The Balaban J connectivity index is 1.46. The van der Waals surface area contributed by atoms with Crippen molar-refractivity contribution in [3.05, 3.63) is 65.2 Å². The summed E-state index contributed by atoms with van der Waals surface area (Å²) in [5.41, 5.74) is 1.47. The standard InChI is InChI=1S/C25H26F2N5O10P/c1-37-13-3-7-15(8-4-13)41-43(36,42-16-9-5-14(38-2)6-10-16)39-11-25(23(26)27)19(34)18(33)22(40-25)32-12-29-17-20(32)30-24(28)31-21(17)35/h3-10,12,18-19,22-23,33-34H,11H2,1-2H3,(H3,28,30,31,35)/t18-,19+,22-,25-/m1/s1. The van der Waals surface area contributed by atoms with Gasteiger partial charge in [-0.1, -0.05) is 0 Å². The van der Waals surface area contributed by atoms with Gasteiger partial charge in [0.05, 0.1) is 27.2 Å². The second-order valence-electron chi connectivity index (χ2n) is 9.23. The van der Waals surface area contributed by atoms with Crippen molar-refractivity contribution in [2.75, 3.05) is 26.6 Å². The van der Waals surface area contributed by atoms with Gasteiger partial charge in [-0.15, -0.1) is 0 Å². The maximum absolute atomic E-state index is 14.7. The van der Waals surface area contributed by atoms with Gasteiger partial charge in [-0.25, -0.2) is 18.3 Å². The highest BCUT2D eigenvalue weighted by molar-refractivity contribution is 7.49. The summed E-state index contributed by atoms with van der Waals surface area (Å²) in [6, 6.07) is 11.4. The molecule has 0 radical (unpaired) electrons. The number of nitrogens with one attached hydrogen (secondary N) is 1. The number of aromatic amines is 1. The first kappa shape index (κ1) is 30.2. The van der Waals surface area contributed by atoms with E-state index >= 15 is 0 Å². The van der Waals surface area contributed by atoms with E-state index in [1.807, 2.05) is 0 Å². The van der Waals surface area contributed by atoms with Gasteiger partial charge < -0.3 is 39.2 Å². The molecule has 0 spiro atoms. The third-order valence-corrected chi connectivity index (χ3v) is 7.87. The number of benzene rings is 2. The van der Waals surface area contributed by atoms with E-state index in [4.69, 9.17) is 33.5 Å². The second kappa shape index (κ2) is 11.8. The fraction of sp³-hybridized carbons (Fsp3) is 0.320. The van der Waals surface area contributed by atoms with Crippen LogP contribution in [0.5, 0.6) is 23.0 Å². The van der Waals surface area contributed by atoms with Gasteiger partial charge in [-0.2, -0.15) is 4.98 Å². The Kier molecular flexibility index (Phi) is 8.27. The fourth-order valence-electron chi connectivity index (χ4n) is 4.31. The number of aromatic nitrogens is 4. The SMILES string of the molecule is COc1ccc(OP(=O)(OC[C@@]2(C(F)F)O[C@@H](n3cnc4c(=O)[nH]c(N)nc43)[C@H](O)[C@@H]2O)Oc2ccc(OC)cc2)cc1. The zero-order valence-electron chi connectivity index (χ0n) is 22.5. The van der Waals surface area contributed by atoms with Crippen molar-refractivity contribution in [1.29, 1.82) is 0 Å². The molecule has 4 atom stereocenters. The minimum Gasteiger partial charge on any atom is -0.497 e. The van der Waals surface area contributed by atoms with Gasteiger partial charge in [0.2, 0.25) is 5.95 Å². The molecule has 0 amide bonds. The Morgan fingerprint density at radius 1 is 1.05 bits per heavy atom. The molecule has 4 aromatic rings. The molecule has 18 heteroatoms. The number of aliphatic hydroxyl groups is 2. The van der Waals surface area contributed by atoms with E-state index < -0.39 is 50.5 Å². The number of H-pyrrole nitrogens is 1. The van der Waals surface area contributed by atoms with Crippen molar-refractivity contribution in [2.45, 2.75) is 30.5 Å². The molecular weight excluding hydrogens is 599 g/mol. The van der Waals surface area contributed by atoms with Gasteiger partial charge in [0, 0.05) is 0 Å². The molecule has 0 unspecified atom stereocenters. The minimum absolute atomic E-state index is 0.0340. The van der Waals surface area contributed by atoms with Crippen LogP contribution in [0.15, 0.2) is 59.7 Å². The number of imidazole rings is 1. The smallest absolute Gasteiger partial charge is 0.497 e. The van der Waals surface area contributed by atoms with E-state index in [0.29, 0.717) is 11.5 Å². The lowest BCUT2D eigenvalue weighted by Gasteiger charge is -2.31. The summed E-state index contributed by atoms with van der Waals surface area (Å²) in [4.78, 5) is 22.2. The summed E-state index contributed by atoms with van der Waals surface area (Å²) in [6.45, 7) is -1.29. The topological polar surface area (TPSA) is 202 Å². The largest absolute Gasteiger partial charge is 0.587 e. The molecule has 3 heterocycles. The number of aliphatic hydroxyl groups excluding tert-OH is 2. The summed E-state index contributed by atoms with van der Waals surface area (Å²) in [7, 11) is -1.93. The number of hydrogen-bond acceptors (Lipinski definition) is 13. The molecular formula is C25H26F2N5O10P. The lowest BCUT2D eigenvalue weighted by Crippen LogP contribution is -2.52. The molecule has 1 fully saturated rings. The van der Waals surface area contributed by atoms with Gasteiger partial charge in [-0.05, 0) is 48.5 Å². The zero-order chi connectivity index (χ0) is 30.9. The first-order valence-electron chi connectivity index (χ1n) is 12.4. The van der Waals surface area contributed by atoms with Crippen molar-refractivity contribution in [1.82, 2.24) is 19.5 Å². The number of anilines is 1. The number of methoxy groups -OCH3 is 2. The van der Waals surface area contributed by atoms with Crippen LogP contribution >= 0.6 is 7.82 Å². The van der Waals surface area contributed by atoms with Gasteiger partial charge >= 0.3 is 7.82 Å². The van der Waals surface area contributed by atoms with Crippen molar-refractivity contribution < 1.29 is 51.3 Å². The number of rotatable bonds is 11. The number of ether oxygens (including phenoxy) is 3. The Bertz CT molecular complexity index is 1630. The van der Waals surface area contributed by atoms with Crippen LogP contribution in [0.3, 0.4) is 0 Å². The Hall–Kier alpha value is -4.28. The highest BCUT2D eigenvalue weighted by Gasteiger charge is 2.62. The van der Waals surface area contributed by atoms with E-state index in [1.165, 1.54) is 62.8 Å². The van der Waals surface area contributed by atoms with Gasteiger partial charge in [0.15, 0.2) is 23.0 Å². The quantitative estimate of drug-likeness (QED) is 0.177. The van der Waals surface area contributed by atoms with E-state index in [-0.39, 0.29) is 28.6 Å². The number of nitrogens with zero attached hydrogens (tertiary/aromatic N) is 3. The summed E-state index contributed by atoms with van der Waals surface area (Å²) < 4.78 is 76.2. The number of phosphoric ester groups is 1. The van der Waals surface area contributed by atoms with Crippen molar-refractivity contribution in [2.24, 2.45) is 0 Å². The van der Waals surface area contributed by atoms with Crippen molar-refractivity contribution >= 4 is 24.9 Å². The second-order valence-corrected chi connectivity index (χ2v) is 10.7. The Labute approximate surface area is 241 Å². The molecule has 0 saturated carbocycles. The molecule has 1 aliphatic heterocycles. The molecule has 15 nitrogen and oxygen atoms in total.